The molecule has 17 heavy (non-hydrogen) atoms. The average molecular weight is 276 g/mol. The van der Waals surface area contributed by atoms with Gasteiger partial charge in [-0.3, -0.25) is 0 Å². The predicted octanol–water partition coefficient (Wildman–Crippen LogP) is 4.10. The summed E-state index contributed by atoms with van der Waals surface area (Å²) >= 11 is 7.88. The van der Waals surface area contributed by atoms with Crippen molar-refractivity contribution >= 4 is 23.4 Å². The highest BCUT2D eigenvalue weighted by Gasteiger charge is 2.08. The number of benzene rings is 1. The minimum absolute atomic E-state index is 0.236. The highest BCUT2D eigenvalue weighted by atomic mass is 35.5. The largest absolute Gasteiger partial charge is 0.310 e. The van der Waals surface area contributed by atoms with Crippen LogP contribution < -0.4 is 5.32 Å². The number of hydrogen-bond donors (Lipinski definition) is 1. The molecule has 0 radical (unpaired) electrons. The van der Waals surface area contributed by atoms with Gasteiger partial charge in [0, 0.05) is 23.2 Å². The van der Waals surface area contributed by atoms with Gasteiger partial charge in [-0.25, -0.2) is 4.39 Å². The molecular formula is C13H19ClFNS. The van der Waals surface area contributed by atoms with Crippen LogP contribution in [-0.2, 0) is 6.54 Å². The van der Waals surface area contributed by atoms with Crippen molar-refractivity contribution in [2.75, 3.05) is 11.5 Å². The molecule has 0 saturated heterocycles. The van der Waals surface area contributed by atoms with Crippen LogP contribution in [0.5, 0.6) is 0 Å². The fourth-order valence-electron chi connectivity index (χ4n) is 1.48. The standard InChI is InChI=1S/C13H19ClFNS/c1-3-17-8-7-10(2)16-9-11-12(14)5-4-6-13(11)15/h4-6,10,16H,3,7-9H2,1-2H3. The monoisotopic (exact) mass is 275 g/mol. The van der Waals surface area contributed by atoms with Gasteiger partial charge in [0.05, 0.1) is 0 Å². The zero-order valence-electron chi connectivity index (χ0n) is 10.3. The van der Waals surface area contributed by atoms with Gasteiger partial charge in [-0.1, -0.05) is 24.6 Å². The lowest BCUT2D eigenvalue weighted by atomic mass is 10.2. The van der Waals surface area contributed by atoms with Crippen molar-refractivity contribution in [3.05, 3.63) is 34.6 Å². The van der Waals surface area contributed by atoms with Crippen LogP contribution in [0.2, 0.25) is 5.02 Å². The molecule has 1 aromatic carbocycles. The molecule has 1 aromatic rings. The number of thioether (sulfide) groups is 1. The van der Waals surface area contributed by atoms with E-state index in [1.165, 1.54) is 6.07 Å². The van der Waals surface area contributed by atoms with Crippen LogP contribution >= 0.6 is 23.4 Å². The second kappa shape index (κ2) is 7.96. The summed E-state index contributed by atoms with van der Waals surface area (Å²) in [5, 5.41) is 3.79. The Bertz CT molecular complexity index is 326. The van der Waals surface area contributed by atoms with Gasteiger partial charge in [-0.05, 0) is 37.0 Å². The van der Waals surface area contributed by atoms with E-state index in [-0.39, 0.29) is 5.82 Å². The van der Waals surface area contributed by atoms with E-state index in [1.54, 1.807) is 12.1 Å². The summed E-state index contributed by atoms with van der Waals surface area (Å²) in [6.45, 7) is 4.76. The summed E-state index contributed by atoms with van der Waals surface area (Å²) in [7, 11) is 0. The summed E-state index contributed by atoms with van der Waals surface area (Å²) in [6.07, 6.45) is 1.09. The van der Waals surface area contributed by atoms with Crippen LogP contribution in [0, 0.1) is 5.82 Å². The lowest BCUT2D eigenvalue weighted by Gasteiger charge is -2.14. The molecule has 0 fully saturated rings. The zero-order valence-corrected chi connectivity index (χ0v) is 11.9. The Labute approximate surface area is 112 Å². The molecule has 0 aliphatic carbocycles. The molecule has 96 valence electrons. The predicted molar refractivity (Wildman–Crippen MR) is 75.3 cm³/mol. The van der Waals surface area contributed by atoms with Gasteiger partial charge in [0.1, 0.15) is 5.82 Å². The molecule has 0 amide bonds. The first-order chi connectivity index (χ1) is 8.15. The van der Waals surface area contributed by atoms with E-state index in [2.05, 4.69) is 19.2 Å². The fraction of sp³-hybridized carbons (Fsp3) is 0.538. The van der Waals surface area contributed by atoms with Gasteiger partial charge in [-0.15, -0.1) is 0 Å². The molecule has 1 nitrogen and oxygen atoms in total. The van der Waals surface area contributed by atoms with Gasteiger partial charge in [0.2, 0.25) is 0 Å². The van der Waals surface area contributed by atoms with Crippen LogP contribution in [0.25, 0.3) is 0 Å². The molecule has 0 aromatic heterocycles. The van der Waals surface area contributed by atoms with E-state index in [1.807, 2.05) is 11.8 Å². The van der Waals surface area contributed by atoms with Gasteiger partial charge in [0.25, 0.3) is 0 Å². The highest BCUT2D eigenvalue weighted by molar-refractivity contribution is 7.99. The summed E-state index contributed by atoms with van der Waals surface area (Å²) in [5.41, 5.74) is 0.559. The second-order valence-corrected chi connectivity index (χ2v) is 5.77. The molecule has 0 saturated carbocycles. The smallest absolute Gasteiger partial charge is 0.129 e. The summed E-state index contributed by atoms with van der Waals surface area (Å²) in [6, 6.07) is 5.17. The molecule has 0 heterocycles. The molecule has 0 bridgehead atoms. The van der Waals surface area contributed by atoms with Crippen molar-refractivity contribution in [3.63, 3.8) is 0 Å². The Balaban J connectivity index is 2.39. The SMILES string of the molecule is CCSCCC(C)NCc1c(F)cccc1Cl. The van der Waals surface area contributed by atoms with Crippen molar-refractivity contribution in [2.24, 2.45) is 0 Å². The van der Waals surface area contributed by atoms with Gasteiger partial charge in [0.15, 0.2) is 0 Å². The maximum absolute atomic E-state index is 13.5. The van der Waals surface area contributed by atoms with Crippen molar-refractivity contribution < 1.29 is 4.39 Å². The molecule has 0 aliphatic heterocycles. The van der Waals surface area contributed by atoms with Crippen LogP contribution in [0.3, 0.4) is 0 Å². The lowest BCUT2D eigenvalue weighted by Crippen LogP contribution is -2.26. The number of hydrogen-bond acceptors (Lipinski definition) is 2. The summed E-state index contributed by atoms with van der Waals surface area (Å²) in [4.78, 5) is 0. The quantitative estimate of drug-likeness (QED) is 0.752. The van der Waals surface area contributed by atoms with Gasteiger partial charge < -0.3 is 5.32 Å². The van der Waals surface area contributed by atoms with Gasteiger partial charge >= 0.3 is 0 Å². The number of rotatable bonds is 7. The molecule has 1 rings (SSSR count). The highest BCUT2D eigenvalue weighted by Crippen LogP contribution is 2.18. The third-order valence-corrected chi connectivity index (χ3v) is 3.88. The zero-order chi connectivity index (χ0) is 12.7. The lowest BCUT2D eigenvalue weighted by molar-refractivity contribution is 0.519. The van der Waals surface area contributed by atoms with Crippen LogP contribution in [-0.4, -0.2) is 17.5 Å². The minimum Gasteiger partial charge on any atom is -0.310 e. The first kappa shape index (κ1) is 14.8. The Kier molecular flexibility index (Phi) is 6.93. The molecule has 1 N–H and O–H groups in total. The molecule has 0 spiro atoms. The normalized spacial score (nSPS) is 12.7. The Morgan fingerprint density at radius 2 is 2.24 bits per heavy atom. The van der Waals surface area contributed by atoms with Crippen molar-refractivity contribution in [1.29, 1.82) is 0 Å². The maximum atomic E-state index is 13.5. The summed E-state index contributed by atoms with van der Waals surface area (Å²) in [5.74, 6) is 2.04. The van der Waals surface area contributed by atoms with E-state index < -0.39 is 0 Å². The molecule has 1 unspecified atom stereocenters. The van der Waals surface area contributed by atoms with E-state index in [0.717, 1.165) is 17.9 Å². The van der Waals surface area contributed by atoms with Crippen LogP contribution in [0.15, 0.2) is 18.2 Å². The Morgan fingerprint density at radius 3 is 2.88 bits per heavy atom. The number of halogens is 2. The number of nitrogens with one attached hydrogen (secondary N) is 1. The topological polar surface area (TPSA) is 12.0 Å². The average Bonchev–Trinajstić information content (AvgIpc) is 2.29. The molecular weight excluding hydrogens is 257 g/mol. The van der Waals surface area contributed by atoms with E-state index in [0.29, 0.717) is 23.2 Å². The Hall–Kier alpha value is -0.250. The third kappa shape index (κ3) is 5.28. The molecule has 0 aliphatic rings. The van der Waals surface area contributed by atoms with Crippen molar-refractivity contribution in [1.82, 2.24) is 5.32 Å². The Morgan fingerprint density at radius 1 is 1.47 bits per heavy atom. The maximum Gasteiger partial charge on any atom is 0.129 e. The van der Waals surface area contributed by atoms with E-state index in [9.17, 15) is 4.39 Å². The van der Waals surface area contributed by atoms with Crippen molar-refractivity contribution in [2.45, 2.75) is 32.9 Å². The first-order valence-corrected chi connectivity index (χ1v) is 7.42. The summed E-state index contributed by atoms with van der Waals surface area (Å²) < 4.78 is 13.5. The molecule has 1 atom stereocenters. The second-order valence-electron chi connectivity index (χ2n) is 3.97. The van der Waals surface area contributed by atoms with Crippen LogP contribution in [0.1, 0.15) is 25.8 Å². The van der Waals surface area contributed by atoms with Crippen molar-refractivity contribution in [3.8, 4) is 0 Å². The van der Waals surface area contributed by atoms with E-state index >= 15 is 0 Å². The first-order valence-electron chi connectivity index (χ1n) is 5.89. The van der Waals surface area contributed by atoms with Gasteiger partial charge in [-0.2, -0.15) is 11.8 Å². The third-order valence-electron chi connectivity index (χ3n) is 2.59. The molecule has 4 heteroatoms. The van der Waals surface area contributed by atoms with Crippen LogP contribution in [0.4, 0.5) is 4.39 Å². The minimum atomic E-state index is -0.236. The fourth-order valence-corrected chi connectivity index (χ4v) is 2.52. The van der Waals surface area contributed by atoms with E-state index in [4.69, 9.17) is 11.6 Å².